The Morgan fingerprint density at radius 1 is 1.10 bits per heavy atom. The zero-order valence-corrected chi connectivity index (χ0v) is 11.9. The molecule has 0 aliphatic carbocycles. The highest BCUT2D eigenvalue weighted by atomic mass is 32.2. The van der Waals surface area contributed by atoms with Gasteiger partial charge in [-0.3, -0.25) is 0 Å². The number of aromatic nitrogens is 1. The summed E-state index contributed by atoms with van der Waals surface area (Å²) in [5.41, 5.74) is 3.02. The third kappa shape index (κ3) is 2.93. The van der Waals surface area contributed by atoms with E-state index in [9.17, 15) is 0 Å². The molecule has 2 rings (SSSR count). The summed E-state index contributed by atoms with van der Waals surface area (Å²) in [5, 5.41) is 18.1. The Morgan fingerprint density at radius 2 is 1.80 bits per heavy atom. The molecule has 1 aromatic carbocycles. The lowest BCUT2D eigenvalue weighted by Gasteiger charge is -2.03. The minimum absolute atomic E-state index is 0.151. The standard InChI is InChI=1S/C16H13N3S/c1-2-20-16(13(10-17)11-18)15-9-8-14(19-15)12-6-4-3-5-7-12/h3-9,19H,2H2,1H3. The van der Waals surface area contributed by atoms with Crippen LogP contribution >= 0.6 is 11.8 Å². The van der Waals surface area contributed by atoms with Crippen molar-refractivity contribution in [3.8, 4) is 23.4 Å². The molecule has 0 radical (unpaired) electrons. The van der Waals surface area contributed by atoms with Crippen molar-refractivity contribution < 1.29 is 0 Å². The predicted octanol–water partition coefficient (Wildman–Crippen LogP) is 4.19. The Bertz CT molecular complexity index is 683. The summed E-state index contributed by atoms with van der Waals surface area (Å²) in [5.74, 6) is 0.807. The van der Waals surface area contributed by atoms with Crippen LogP contribution in [0.15, 0.2) is 48.0 Å². The van der Waals surface area contributed by atoms with Gasteiger partial charge in [0.05, 0.1) is 10.6 Å². The van der Waals surface area contributed by atoms with E-state index < -0.39 is 0 Å². The second kappa shape index (κ2) is 6.65. The summed E-state index contributed by atoms with van der Waals surface area (Å²) in [6.45, 7) is 2.00. The number of benzene rings is 1. The number of rotatable bonds is 4. The summed E-state index contributed by atoms with van der Waals surface area (Å²) in [4.78, 5) is 3.99. The summed E-state index contributed by atoms with van der Waals surface area (Å²) in [7, 11) is 0. The second-order valence-corrected chi connectivity index (χ2v) is 5.29. The van der Waals surface area contributed by atoms with Gasteiger partial charge in [-0.2, -0.15) is 10.5 Å². The van der Waals surface area contributed by atoms with Crippen LogP contribution in [0.25, 0.3) is 16.2 Å². The smallest absolute Gasteiger partial charge is 0.145 e. The van der Waals surface area contributed by atoms with E-state index in [0.717, 1.165) is 22.7 Å². The fourth-order valence-electron chi connectivity index (χ4n) is 1.87. The van der Waals surface area contributed by atoms with E-state index in [1.54, 1.807) is 0 Å². The average molecular weight is 279 g/mol. The highest BCUT2D eigenvalue weighted by Gasteiger charge is 2.12. The largest absolute Gasteiger partial charge is 0.354 e. The van der Waals surface area contributed by atoms with E-state index in [4.69, 9.17) is 10.5 Å². The monoisotopic (exact) mass is 279 g/mol. The number of nitriles is 2. The van der Waals surface area contributed by atoms with Gasteiger partial charge in [0, 0.05) is 5.69 Å². The van der Waals surface area contributed by atoms with Crippen LogP contribution in [0.1, 0.15) is 12.6 Å². The molecule has 20 heavy (non-hydrogen) atoms. The molecule has 0 fully saturated rings. The zero-order chi connectivity index (χ0) is 14.4. The number of H-pyrrole nitrogens is 1. The van der Waals surface area contributed by atoms with Gasteiger partial charge in [0.15, 0.2) is 0 Å². The van der Waals surface area contributed by atoms with Crippen LogP contribution in [-0.4, -0.2) is 10.7 Å². The summed E-state index contributed by atoms with van der Waals surface area (Å²) in [6.07, 6.45) is 0. The second-order valence-electron chi connectivity index (χ2n) is 4.01. The molecule has 0 spiro atoms. The van der Waals surface area contributed by atoms with Gasteiger partial charge >= 0.3 is 0 Å². The minimum atomic E-state index is 0.151. The lowest BCUT2D eigenvalue weighted by Crippen LogP contribution is -1.87. The van der Waals surface area contributed by atoms with Gasteiger partial charge in [0.25, 0.3) is 0 Å². The number of hydrogen-bond acceptors (Lipinski definition) is 3. The van der Waals surface area contributed by atoms with E-state index >= 15 is 0 Å². The number of nitrogens with one attached hydrogen (secondary N) is 1. The first-order chi connectivity index (χ1) is 9.80. The zero-order valence-electron chi connectivity index (χ0n) is 11.1. The Morgan fingerprint density at radius 3 is 2.40 bits per heavy atom. The topological polar surface area (TPSA) is 63.4 Å². The number of hydrogen-bond donors (Lipinski definition) is 1. The summed E-state index contributed by atoms with van der Waals surface area (Å²) >= 11 is 1.50. The Labute approximate surface area is 122 Å². The Hall–Kier alpha value is -2.43. The van der Waals surface area contributed by atoms with Crippen LogP contribution in [0.4, 0.5) is 0 Å². The van der Waals surface area contributed by atoms with Crippen molar-refractivity contribution >= 4 is 16.7 Å². The minimum Gasteiger partial charge on any atom is -0.354 e. The maximum Gasteiger partial charge on any atom is 0.145 e. The number of allylic oxidation sites excluding steroid dienone is 1. The van der Waals surface area contributed by atoms with E-state index in [1.165, 1.54) is 11.8 Å². The quantitative estimate of drug-likeness (QED) is 0.853. The van der Waals surface area contributed by atoms with E-state index in [1.807, 2.05) is 61.5 Å². The third-order valence-corrected chi connectivity index (χ3v) is 3.76. The fourth-order valence-corrected chi connectivity index (χ4v) is 2.67. The molecule has 0 unspecified atom stereocenters. The van der Waals surface area contributed by atoms with Gasteiger partial charge in [-0.15, -0.1) is 11.8 Å². The highest BCUT2D eigenvalue weighted by Crippen LogP contribution is 2.31. The predicted molar refractivity (Wildman–Crippen MR) is 82.5 cm³/mol. The first-order valence-electron chi connectivity index (χ1n) is 6.22. The number of thioether (sulfide) groups is 1. The van der Waals surface area contributed by atoms with Crippen molar-refractivity contribution in [1.82, 2.24) is 4.98 Å². The average Bonchev–Trinajstić information content (AvgIpc) is 2.98. The molecule has 0 amide bonds. The van der Waals surface area contributed by atoms with Crippen molar-refractivity contribution in [2.24, 2.45) is 0 Å². The van der Waals surface area contributed by atoms with Gasteiger partial charge in [0.1, 0.15) is 17.7 Å². The van der Waals surface area contributed by atoms with E-state index in [2.05, 4.69) is 4.98 Å². The van der Waals surface area contributed by atoms with Crippen LogP contribution < -0.4 is 0 Å². The lowest BCUT2D eigenvalue weighted by molar-refractivity contribution is 1.35. The SMILES string of the molecule is CCSC(=C(C#N)C#N)c1ccc(-c2ccccc2)[nH]1. The van der Waals surface area contributed by atoms with Gasteiger partial charge in [-0.25, -0.2) is 0 Å². The molecular formula is C16H13N3S. The molecule has 0 aliphatic rings. The van der Waals surface area contributed by atoms with Crippen LogP contribution in [0, 0.1) is 22.7 Å². The van der Waals surface area contributed by atoms with Gasteiger partial charge < -0.3 is 4.98 Å². The van der Waals surface area contributed by atoms with Gasteiger partial charge in [-0.05, 0) is 23.4 Å². The Kier molecular flexibility index (Phi) is 4.65. The molecule has 0 saturated heterocycles. The summed E-state index contributed by atoms with van der Waals surface area (Å²) in [6, 6.07) is 17.8. The van der Waals surface area contributed by atoms with Crippen LogP contribution in [0.5, 0.6) is 0 Å². The van der Waals surface area contributed by atoms with Gasteiger partial charge in [0.2, 0.25) is 0 Å². The van der Waals surface area contributed by atoms with E-state index in [-0.39, 0.29) is 5.57 Å². The highest BCUT2D eigenvalue weighted by molar-refractivity contribution is 8.08. The number of nitrogens with zero attached hydrogens (tertiary/aromatic N) is 2. The molecule has 1 heterocycles. The molecule has 2 aromatic rings. The molecule has 1 aromatic heterocycles. The van der Waals surface area contributed by atoms with Crippen LogP contribution in [-0.2, 0) is 0 Å². The molecule has 0 saturated carbocycles. The molecule has 0 atom stereocenters. The van der Waals surface area contributed by atoms with Crippen LogP contribution in [0.3, 0.4) is 0 Å². The van der Waals surface area contributed by atoms with Crippen molar-refractivity contribution in [3.63, 3.8) is 0 Å². The van der Waals surface area contributed by atoms with Crippen molar-refractivity contribution in [3.05, 3.63) is 53.7 Å². The molecule has 0 aliphatic heterocycles. The lowest BCUT2D eigenvalue weighted by atomic mass is 10.2. The van der Waals surface area contributed by atoms with Crippen molar-refractivity contribution in [2.75, 3.05) is 5.75 Å². The molecular weight excluding hydrogens is 266 g/mol. The van der Waals surface area contributed by atoms with Crippen molar-refractivity contribution in [2.45, 2.75) is 6.92 Å². The summed E-state index contributed by atoms with van der Waals surface area (Å²) < 4.78 is 0. The first-order valence-corrected chi connectivity index (χ1v) is 7.20. The molecule has 1 N–H and O–H groups in total. The molecule has 98 valence electrons. The normalized spacial score (nSPS) is 9.55. The maximum absolute atomic E-state index is 9.05. The molecule has 3 nitrogen and oxygen atoms in total. The number of aromatic amines is 1. The first kappa shape index (κ1) is 14.0. The maximum atomic E-state index is 9.05. The Balaban J connectivity index is 2.44. The molecule has 4 heteroatoms. The fraction of sp³-hybridized carbons (Fsp3) is 0.125. The van der Waals surface area contributed by atoms with Crippen LogP contribution in [0.2, 0.25) is 0 Å². The van der Waals surface area contributed by atoms with E-state index in [0.29, 0.717) is 4.91 Å². The van der Waals surface area contributed by atoms with Gasteiger partial charge in [-0.1, -0.05) is 37.3 Å². The molecule has 0 bridgehead atoms. The third-order valence-electron chi connectivity index (χ3n) is 2.75. The van der Waals surface area contributed by atoms with Crippen molar-refractivity contribution in [1.29, 1.82) is 10.5 Å².